The molecule has 0 aliphatic heterocycles. The fourth-order valence-corrected chi connectivity index (χ4v) is 15.7. The molecule has 4 heteroatoms. The first kappa shape index (κ1) is 37.5. The Labute approximate surface area is 352 Å². The lowest BCUT2D eigenvalue weighted by atomic mass is 9.91. The predicted octanol–water partition coefficient (Wildman–Crippen LogP) is 13.3. The van der Waals surface area contributed by atoms with Crippen molar-refractivity contribution in [3.63, 3.8) is 0 Å². The zero-order chi connectivity index (χ0) is 40.2. The van der Waals surface area contributed by atoms with Gasteiger partial charge in [-0.05, 0) is 33.7 Å². The van der Waals surface area contributed by atoms with Crippen molar-refractivity contribution in [1.29, 1.82) is 0 Å². The van der Waals surface area contributed by atoms with E-state index in [4.69, 9.17) is 9.49 Å². The van der Waals surface area contributed by atoms with Gasteiger partial charge >= 0.3 is 0 Å². The molecule has 0 aliphatic carbocycles. The number of fused-ring (bicyclic) bond motifs is 2. The Kier molecular flexibility index (Phi) is 10.3. The number of nitrogens with zero attached hydrogens (tertiary/aromatic N) is 2. The zero-order valence-corrected chi connectivity index (χ0v) is 34.8. The van der Waals surface area contributed by atoms with Gasteiger partial charge in [-0.2, -0.15) is 0 Å². The summed E-state index contributed by atoms with van der Waals surface area (Å²) < 4.78 is 12.4. The second-order valence-corrected chi connectivity index (χ2v) is 20.9. The first-order chi connectivity index (χ1) is 29.8. The molecule has 0 amide bonds. The Morgan fingerprint density at radius 1 is 0.217 bits per heavy atom. The third-order valence-electron chi connectivity index (χ3n) is 11.4. The first-order valence-electron chi connectivity index (χ1n) is 20.4. The van der Waals surface area contributed by atoms with Gasteiger partial charge < -0.3 is 0 Å². The monoisotopic (exact) mass is 804 g/mol. The molecule has 0 radical (unpaired) electrons. The molecule has 10 rings (SSSR count). The van der Waals surface area contributed by atoms with Gasteiger partial charge in [0.2, 0.25) is 0 Å². The lowest BCUT2D eigenvalue weighted by Gasteiger charge is -2.29. The Morgan fingerprint density at radius 2 is 0.450 bits per heavy atom. The molecule has 0 heterocycles. The highest BCUT2D eigenvalue weighted by Gasteiger charge is 2.31. The van der Waals surface area contributed by atoms with Crippen LogP contribution in [0.1, 0.15) is 0 Å². The topological polar surface area (TPSA) is 24.7 Å². The third kappa shape index (κ3) is 6.65. The fourth-order valence-electron chi connectivity index (χ4n) is 8.64. The van der Waals surface area contributed by atoms with E-state index in [0.29, 0.717) is 0 Å². The summed E-state index contributed by atoms with van der Waals surface area (Å²) in [5.41, 5.74) is 4.05. The van der Waals surface area contributed by atoms with Crippen LogP contribution in [0.5, 0.6) is 0 Å². The molecule has 286 valence electrons. The first-order valence-corrected chi connectivity index (χ1v) is 23.9. The Hall–Kier alpha value is -6.82. The fraction of sp³-hybridized carbons (Fsp3) is 0. The molecule has 10 aromatic rings. The van der Waals surface area contributed by atoms with Crippen molar-refractivity contribution in [1.82, 2.24) is 0 Å². The van der Waals surface area contributed by atoms with E-state index in [9.17, 15) is 0 Å². The molecule has 0 spiro atoms. The molecule has 0 fully saturated rings. The molecule has 60 heavy (non-hydrogen) atoms. The lowest BCUT2D eigenvalue weighted by molar-refractivity contribution is 1.53. The summed E-state index contributed by atoms with van der Waals surface area (Å²) in [6.45, 7) is 0. The molecular weight excluding hydrogens is 763 g/mol. The average Bonchev–Trinajstić information content (AvgIpc) is 3.34. The van der Waals surface area contributed by atoms with Crippen LogP contribution in [0.4, 0.5) is 11.4 Å². The van der Waals surface area contributed by atoms with E-state index in [-0.39, 0.29) is 0 Å². The highest BCUT2D eigenvalue weighted by Crippen LogP contribution is 2.56. The molecule has 0 unspecified atom stereocenters. The summed E-state index contributed by atoms with van der Waals surface area (Å²) in [7, 11) is -5.32. The van der Waals surface area contributed by atoms with Crippen molar-refractivity contribution in [3.05, 3.63) is 255 Å². The molecular formula is C56H42N2P2. The number of rotatable bonds is 9. The van der Waals surface area contributed by atoms with Crippen molar-refractivity contribution in [2.24, 2.45) is 9.49 Å². The molecule has 0 aromatic heterocycles. The van der Waals surface area contributed by atoms with Crippen molar-refractivity contribution in [3.8, 4) is 11.1 Å². The summed E-state index contributed by atoms with van der Waals surface area (Å²) >= 11 is 0. The van der Waals surface area contributed by atoms with Crippen molar-refractivity contribution in [2.75, 3.05) is 0 Å². The Balaban J connectivity index is 1.41. The van der Waals surface area contributed by atoms with Gasteiger partial charge in [-0.25, -0.2) is 0 Å². The van der Waals surface area contributed by atoms with E-state index in [1.807, 2.05) is 0 Å². The highest BCUT2D eigenvalue weighted by molar-refractivity contribution is 7.88. The molecule has 0 N–H and O–H groups in total. The van der Waals surface area contributed by atoms with E-state index in [1.54, 1.807) is 0 Å². The minimum absolute atomic E-state index is 0.939. The maximum atomic E-state index is 6.22. The van der Waals surface area contributed by atoms with Gasteiger partial charge in [-0.1, -0.05) is 243 Å². The molecule has 2 nitrogen and oxygen atoms in total. The highest BCUT2D eigenvalue weighted by atomic mass is 31.2. The van der Waals surface area contributed by atoms with Gasteiger partial charge in [-0.15, -0.1) is 0 Å². The second kappa shape index (κ2) is 16.4. The second-order valence-electron chi connectivity index (χ2n) is 14.8. The van der Waals surface area contributed by atoms with Crippen LogP contribution in [0.15, 0.2) is 264 Å². The summed E-state index contributed by atoms with van der Waals surface area (Å²) in [5.74, 6) is 0. The predicted molar refractivity (Wildman–Crippen MR) is 261 cm³/mol. The van der Waals surface area contributed by atoms with Crippen molar-refractivity contribution in [2.45, 2.75) is 0 Å². The Morgan fingerprint density at radius 3 is 0.717 bits per heavy atom. The third-order valence-corrected chi connectivity index (χ3v) is 18.7. The normalized spacial score (nSPS) is 11.7. The van der Waals surface area contributed by atoms with E-state index >= 15 is 0 Å². The van der Waals surface area contributed by atoms with Gasteiger partial charge in [0.1, 0.15) is 0 Å². The largest absolute Gasteiger partial charge is 0.253 e. The maximum absolute atomic E-state index is 6.22. The van der Waals surface area contributed by atoms with Crippen molar-refractivity contribution >= 4 is 78.9 Å². The van der Waals surface area contributed by atoms with E-state index in [2.05, 4.69) is 255 Å². The van der Waals surface area contributed by atoms with Crippen LogP contribution in [0.25, 0.3) is 32.7 Å². The van der Waals surface area contributed by atoms with Gasteiger partial charge in [-0.3, -0.25) is 9.49 Å². The summed E-state index contributed by atoms with van der Waals surface area (Å²) in [4.78, 5) is 0. The zero-order valence-electron chi connectivity index (χ0n) is 33.0. The lowest BCUT2D eigenvalue weighted by Crippen LogP contribution is -2.25. The van der Waals surface area contributed by atoms with Crippen LogP contribution in [0, 0.1) is 0 Å². The summed E-state index contributed by atoms with van der Waals surface area (Å²) in [6, 6.07) is 92.0. The minimum Gasteiger partial charge on any atom is -0.253 e. The van der Waals surface area contributed by atoms with Crippen LogP contribution in [0.3, 0.4) is 0 Å². The summed E-state index contributed by atoms with van der Waals surface area (Å²) in [5, 5.41) is 11.8. The van der Waals surface area contributed by atoms with Crippen molar-refractivity contribution < 1.29 is 0 Å². The van der Waals surface area contributed by atoms with E-state index in [1.165, 1.54) is 31.8 Å². The maximum Gasteiger partial charge on any atom is 0.0711 e. The quantitative estimate of drug-likeness (QED) is 0.130. The molecule has 0 saturated heterocycles. The van der Waals surface area contributed by atoms with Crippen LogP contribution in [-0.4, -0.2) is 0 Å². The standard InChI is InChI=1S/C56H42N2P2/c1-7-25-45(26-8-1)59(46-27-9-2-10-28-46,47-29-11-3-12-30-47)57-53-41-39-43-23-19-21-37-51(43)55(53)56-52-38-22-20-24-44(52)40-42-54(56)58-60(48-31-13-4-14-32-48,49-33-15-5-16-34-49)50-35-17-6-18-36-50/h1-42H. The van der Waals surface area contributed by atoms with E-state index in [0.717, 1.165) is 44.0 Å². The summed E-state index contributed by atoms with van der Waals surface area (Å²) in [6.07, 6.45) is 0. The molecule has 0 bridgehead atoms. The minimum atomic E-state index is -2.66. The average molecular weight is 805 g/mol. The number of hydrogen-bond acceptors (Lipinski definition) is 2. The molecule has 10 aromatic carbocycles. The van der Waals surface area contributed by atoms with Crippen LogP contribution in [0.2, 0.25) is 0 Å². The Bertz CT molecular complexity index is 2760. The van der Waals surface area contributed by atoms with Gasteiger partial charge in [0.25, 0.3) is 0 Å². The molecule has 0 saturated carbocycles. The number of hydrogen-bond donors (Lipinski definition) is 0. The SMILES string of the molecule is c1ccc(P(=Nc2ccc3ccccc3c2-c2c(N=P(c3ccccc3)(c3ccccc3)c3ccccc3)ccc3ccccc23)(c2ccccc2)c2ccccc2)cc1. The van der Waals surface area contributed by atoms with Crippen LogP contribution in [-0.2, 0) is 0 Å². The molecule has 0 atom stereocenters. The van der Waals surface area contributed by atoms with Gasteiger partial charge in [0.05, 0.1) is 25.5 Å². The van der Waals surface area contributed by atoms with Gasteiger partial charge in [0, 0.05) is 43.0 Å². The smallest absolute Gasteiger partial charge is 0.0711 e. The number of benzene rings is 10. The van der Waals surface area contributed by atoms with Gasteiger partial charge in [0.15, 0.2) is 0 Å². The van der Waals surface area contributed by atoms with Crippen LogP contribution < -0.4 is 31.8 Å². The van der Waals surface area contributed by atoms with E-state index < -0.39 is 14.1 Å². The molecule has 0 aliphatic rings. The van der Waals surface area contributed by atoms with Crippen LogP contribution >= 0.6 is 14.1 Å².